The average molecular weight is 337 g/mol. The van der Waals surface area contributed by atoms with Gasteiger partial charge < -0.3 is 10.3 Å². The third-order valence-electron chi connectivity index (χ3n) is 2.96. The first kappa shape index (κ1) is 18.6. The molecular weight excluding hydrogens is 318 g/mol. The summed E-state index contributed by atoms with van der Waals surface area (Å²) in [6.45, 7) is 2.08. The van der Waals surface area contributed by atoms with Gasteiger partial charge in [-0.15, -0.1) is 0 Å². The van der Waals surface area contributed by atoms with Crippen LogP contribution in [0.2, 0.25) is 0 Å². The van der Waals surface area contributed by atoms with Crippen LogP contribution < -0.4 is 10.0 Å². The number of nitrogens with zero attached hydrogens (tertiary/aromatic N) is 2. The lowest BCUT2D eigenvalue weighted by atomic mass is 10.2. The number of rotatable bonds is 8. The van der Waals surface area contributed by atoms with E-state index in [1.54, 1.807) is 12.2 Å². The van der Waals surface area contributed by atoms with E-state index in [0.717, 1.165) is 5.57 Å². The fourth-order valence-electron chi connectivity index (χ4n) is 1.62. The molecule has 0 radical (unpaired) electrons. The topological polar surface area (TPSA) is 128 Å². The third-order valence-corrected chi connectivity index (χ3v) is 4.32. The van der Waals surface area contributed by atoms with Gasteiger partial charge in [-0.2, -0.15) is 5.26 Å². The van der Waals surface area contributed by atoms with E-state index in [1.807, 2.05) is 19.1 Å². The minimum absolute atomic E-state index is 0.00318. The van der Waals surface area contributed by atoms with Crippen molar-refractivity contribution in [2.24, 2.45) is 0 Å². The molecule has 1 aromatic rings. The molecule has 1 aromatic heterocycles. The highest BCUT2D eigenvalue weighted by molar-refractivity contribution is 7.89. The number of allylic oxidation sites excluding steroid dienone is 3. The molecule has 3 N–H and O–H groups in total. The second-order valence-corrected chi connectivity index (χ2v) is 6.54. The van der Waals surface area contributed by atoms with Crippen molar-refractivity contribution in [3.63, 3.8) is 0 Å². The predicted molar refractivity (Wildman–Crippen MR) is 86.0 cm³/mol. The molecule has 8 nitrogen and oxygen atoms in total. The number of carbonyl (C=O) groups is 1. The monoisotopic (exact) mass is 337 g/mol. The van der Waals surface area contributed by atoms with Crippen molar-refractivity contribution in [2.75, 3.05) is 19.3 Å². The van der Waals surface area contributed by atoms with E-state index < -0.39 is 15.9 Å². The van der Waals surface area contributed by atoms with Crippen LogP contribution >= 0.6 is 0 Å². The normalized spacial score (nSPS) is 12.3. The minimum atomic E-state index is -3.24. The van der Waals surface area contributed by atoms with E-state index in [1.165, 1.54) is 13.2 Å². The van der Waals surface area contributed by atoms with E-state index in [-0.39, 0.29) is 23.8 Å². The fraction of sp³-hybridized carbons (Fsp3) is 0.357. The number of aromatic amines is 1. The number of sulfonamides is 1. The van der Waals surface area contributed by atoms with E-state index in [9.17, 15) is 13.2 Å². The Kier molecular flexibility index (Phi) is 7.18. The summed E-state index contributed by atoms with van der Waals surface area (Å²) in [7, 11) is -1.86. The van der Waals surface area contributed by atoms with Gasteiger partial charge in [0.25, 0.3) is 5.91 Å². The van der Waals surface area contributed by atoms with Crippen LogP contribution in [-0.2, 0) is 10.0 Å². The van der Waals surface area contributed by atoms with Crippen molar-refractivity contribution in [3.8, 4) is 6.07 Å². The Hall–Kier alpha value is -2.44. The van der Waals surface area contributed by atoms with Crippen molar-refractivity contribution in [2.45, 2.75) is 13.3 Å². The van der Waals surface area contributed by atoms with Gasteiger partial charge in [0, 0.05) is 12.7 Å². The minimum Gasteiger partial charge on any atom is -0.346 e. The lowest BCUT2D eigenvalue weighted by molar-refractivity contribution is 0.0948. The van der Waals surface area contributed by atoms with E-state index in [4.69, 9.17) is 5.26 Å². The quantitative estimate of drug-likeness (QED) is 0.594. The van der Waals surface area contributed by atoms with Gasteiger partial charge in [-0.1, -0.05) is 23.8 Å². The lowest BCUT2D eigenvalue weighted by Crippen LogP contribution is -2.24. The largest absolute Gasteiger partial charge is 0.346 e. The van der Waals surface area contributed by atoms with Crippen molar-refractivity contribution >= 4 is 15.9 Å². The van der Waals surface area contributed by atoms with Gasteiger partial charge in [0.1, 0.15) is 6.07 Å². The van der Waals surface area contributed by atoms with E-state index in [0.29, 0.717) is 6.42 Å². The van der Waals surface area contributed by atoms with Gasteiger partial charge in [0.05, 0.1) is 5.75 Å². The Labute approximate surface area is 135 Å². The Morgan fingerprint density at radius 2 is 2.26 bits per heavy atom. The van der Waals surface area contributed by atoms with E-state index in [2.05, 4.69) is 20.0 Å². The molecule has 9 heteroatoms. The molecule has 1 rings (SSSR count). The van der Waals surface area contributed by atoms with Crippen LogP contribution in [0.1, 0.15) is 29.7 Å². The number of nitriles is 1. The summed E-state index contributed by atoms with van der Waals surface area (Å²) in [4.78, 5) is 18.1. The molecule has 0 spiro atoms. The van der Waals surface area contributed by atoms with Crippen LogP contribution in [-0.4, -0.2) is 43.6 Å². The van der Waals surface area contributed by atoms with Crippen LogP contribution in [0.15, 0.2) is 30.0 Å². The zero-order valence-electron chi connectivity index (χ0n) is 13.0. The molecule has 0 fully saturated rings. The Balaban J connectivity index is 2.45. The van der Waals surface area contributed by atoms with Crippen molar-refractivity contribution in [1.29, 1.82) is 5.26 Å². The van der Waals surface area contributed by atoms with Gasteiger partial charge in [-0.05, 0) is 20.4 Å². The first-order valence-corrected chi connectivity index (χ1v) is 8.53. The molecule has 0 atom stereocenters. The number of H-pyrrole nitrogens is 1. The molecule has 0 saturated heterocycles. The maximum absolute atomic E-state index is 11.7. The highest BCUT2D eigenvalue weighted by Gasteiger charge is 2.09. The molecule has 124 valence electrons. The van der Waals surface area contributed by atoms with Gasteiger partial charge in [-0.3, -0.25) is 4.79 Å². The van der Waals surface area contributed by atoms with E-state index >= 15 is 0 Å². The standard InChI is InChI=1S/C14H19N5O3S/c1-3-11(6-8-23(21,22)16-2)5-4-7-17-14(20)13-18-10-12(9-15)19-13/h3-5,10,16H,6-8H2,1-2H3,(H,17,20)(H,18,19)/b5-4-,11-3+. The molecule has 0 saturated carbocycles. The molecule has 0 bridgehead atoms. The number of aromatic nitrogens is 2. The summed E-state index contributed by atoms with van der Waals surface area (Å²) in [5.41, 5.74) is 0.996. The second kappa shape index (κ2) is 8.87. The molecule has 0 aliphatic carbocycles. The SMILES string of the molecule is C/C=C(\C=C/CNC(=O)c1nc(C#N)c[nH]1)CCS(=O)(=O)NC. The van der Waals surface area contributed by atoms with Gasteiger partial charge in [-0.25, -0.2) is 18.1 Å². The molecule has 1 amide bonds. The van der Waals surface area contributed by atoms with Crippen molar-refractivity contribution in [3.05, 3.63) is 41.5 Å². The molecular formula is C14H19N5O3S. The summed E-state index contributed by atoms with van der Waals surface area (Å²) in [5, 5.41) is 11.2. The highest BCUT2D eigenvalue weighted by Crippen LogP contribution is 2.05. The van der Waals surface area contributed by atoms with Crippen LogP contribution in [0.25, 0.3) is 0 Å². The summed E-state index contributed by atoms with van der Waals surface area (Å²) in [5.74, 6) is -0.347. The number of amides is 1. The number of hydrogen-bond acceptors (Lipinski definition) is 5. The highest BCUT2D eigenvalue weighted by atomic mass is 32.2. The molecule has 0 unspecified atom stereocenters. The molecule has 1 heterocycles. The van der Waals surface area contributed by atoms with Gasteiger partial charge in [0.15, 0.2) is 11.5 Å². The maximum Gasteiger partial charge on any atom is 0.287 e. The fourth-order valence-corrected chi connectivity index (χ4v) is 2.33. The third kappa shape index (κ3) is 6.46. The molecule has 0 aliphatic heterocycles. The summed E-state index contributed by atoms with van der Waals surface area (Å²) in [6.07, 6.45) is 7.02. The van der Waals surface area contributed by atoms with Crippen molar-refractivity contribution < 1.29 is 13.2 Å². The first-order chi connectivity index (χ1) is 10.9. The van der Waals surface area contributed by atoms with Gasteiger partial charge >= 0.3 is 0 Å². The average Bonchev–Trinajstić information content (AvgIpc) is 3.03. The summed E-state index contributed by atoms with van der Waals surface area (Å²) >= 11 is 0. The summed E-state index contributed by atoms with van der Waals surface area (Å²) in [6, 6.07) is 1.82. The predicted octanol–water partition coefficient (Wildman–Crippen LogP) is 0.453. The van der Waals surface area contributed by atoms with Crippen molar-refractivity contribution in [1.82, 2.24) is 20.0 Å². The molecule has 23 heavy (non-hydrogen) atoms. The Bertz CT molecular complexity index is 741. The lowest BCUT2D eigenvalue weighted by Gasteiger charge is -2.03. The number of hydrogen-bond donors (Lipinski definition) is 3. The number of imidazole rings is 1. The maximum atomic E-state index is 11.7. The zero-order chi connectivity index (χ0) is 17.3. The number of carbonyl (C=O) groups excluding carboxylic acids is 1. The number of nitrogens with one attached hydrogen (secondary N) is 3. The van der Waals surface area contributed by atoms with Crippen LogP contribution in [0.3, 0.4) is 0 Å². The second-order valence-electron chi connectivity index (χ2n) is 4.50. The molecule has 0 aromatic carbocycles. The van der Waals surface area contributed by atoms with Crippen LogP contribution in [0.4, 0.5) is 0 Å². The Morgan fingerprint density at radius 1 is 1.52 bits per heavy atom. The van der Waals surface area contributed by atoms with Gasteiger partial charge in [0.2, 0.25) is 10.0 Å². The first-order valence-electron chi connectivity index (χ1n) is 6.88. The molecule has 0 aliphatic rings. The van der Waals surface area contributed by atoms with Crippen LogP contribution in [0.5, 0.6) is 0 Å². The zero-order valence-corrected chi connectivity index (χ0v) is 13.8. The summed E-state index contributed by atoms with van der Waals surface area (Å²) < 4.78 is 25.0. The Morgan fingerprint density at radius 3 is 2.83 bits per heavy atom. The smallest absolute Gasteiger partial charge is 0.287 e. The van der Waals surface area contributed by atoms with Crippen LogP contribution in [0, 0.1) is 11.3 Å².